The maximum atomic E-state index is 10.8. The SMILES string of the molecule is Cc1ccc(-c2ccc(NCc3cc4ccc(C=N)cc4s3)c(N=CC=O)c2)cc1. The van der Waals surface area contributed by atoms with Crippen LogP contribution in [0.3, 0.4) is 0 Å². The van der Waals surface area contributed by atoms with E-state index in [1.165, 1.54) is 33.0 Å². The van der Waals surface area contributed by atoms with Crippen LogP contribution in [0.5, 0.6) is 0 Å². The fraction of sp³-hybridized carbons (Fsp3) is 0.0800. The summed E-state index contributed by atoms with van der Waals surface area (Å²) < 4.78 is 1.17. The second kappa shape index (κ2) is 8.84. The molecule has 5 heteroatoms. The van der Waals surface area contributed by atoms with Gasteiger partial charge in [-0.05, 0) is 53.3 Å². The summed E-state index contributed by atoms with van der Waals surface area (Å²) in [6, 6.07) is 22.6. The first-order chi connectivity index (χ1) is 14.7. The Bertz CT molecular complexity index is 1240. The Balaban J connectivity index is 1.59. The van der Waals surface area contributed by atoms with Crippen LogP contribution >= 0.6 is 11.3 Å². The Hall–Kier alpha value is -3.57. The van der Waals surface area contributed by atoms with Gasteiger partial charge in [-0.1, -0.05) is 48.0 Å². The third-order valence-corrected chi connectivity index (χ3v) is 5.97. The van der Waals surface area contributed by atoms with E-state index in [1.807, 2.05) is 30.3 Å². The summed E-state index contributed by atoms with van der Waals surface area (Å²) >= 11 is 1.71. The number of aldehydes is 1. The van der Waals surface area contributed by atoms with Gasteiger partial charge >= 0.3 is 0 Å². The Kier molecular flexibility index (Phi) is 5.82. The first kappa shape index (κ1) is 19.7. The summed E-state index contributed by atoms with van der Waals surface area (Å²) in [4.78, 5) is 16.4. The zero-order chi connectivity index (χ0) is 20.9. The van der Waals surface area contributed by atoms with E-state index in [9.17, 15) is 4.79 Å². The number of anilines is 1. The van der Waals surface area contributed by atoms with E-state index in [0.717, 1.165) is 28.1 Å². The molecule has 30 heavy (non-hydrogen) atoms. The molecule has 0 amide bonds. The fourth-order valence-corrected chi connectivity index (χ4v) is 4.34. The van der Waals surface area contributed by atoms with E-state index in [0.29, 0.717) is 12.8 Å². The van der Waals surface area contributed by atoms with Gasteiger partial charge in [0.2, 0.25) is 0 Å². The average Bonchev–Trinajstić information content (AvgIpc) is 3.19. The molecule has 3 aromatic carbocycles. The molecular weight excluding hydrogens is 390 g/mol. The number of benzene rings is 3. The molecule has 0 radical (unpaired) electrons. The van der Waals surface area contributed by atoms with Crippen LogP contribution in [0.15, 0.2) is 71.7 Å². The highest BCUT2D eigenvalue weighted by molar-refractivity contribution is 7.19. The van der Waals surface area contributed by atoms with Crippen LogP contribution in [0.1, 0.15) is 16.0 Å². The molecule has 0 unspecified atom stereocenters. The largest absolute Gasteiger partial charge is 0.378 e. The number of carbonyl (C=O) groups excluding carboxylic acids is 1. The monoisotopic (exact) mass is 411 g/mol. The van der Waals surface area contributed by atoms with Gasteiger partial charge in [-0.15, -0.1) is 11.3 Å². The van der Waals surface area contributed by atoms with Crippen molar-refractivity contribution in [3.63, 3.8) is 0 Å². The third kappa shape index (κ3) is 4.36. The Labute approximate surface area is 179 Å². The fourth-order valence-electron chi connectivity index (χ4n) is 3.29. The highest BCUT2D eigenvalue weighted by Gasteiger charge is 2.07. The van der Waals surface area contributed by atoms with Gasteiger partial charge in [-0.25, -0.2) is 0 Å². The maximum absolute atomic E-state index is 10.8. The number of aliphatic imine (C=N–C) groups is 1. The quantitative estimate of drug-likeness (QED) is 0.273. The smallest absolute Gasteiger partial charge is 0.161 e. The van der Waals surface area contributed by atoms with Crippen molar-refractivity contribution in [2.24, 2.45) is 4.99 Å². The normalized spacial score (nSPS) is 11.1. The molecule has 0 saturated carbocycles. The van der Waals surface area contributed by atoms with Crippen molar-refractivity contribution in [3.05, 3.63) is 82.7 Å². The summed E-state index contributed by atoms with van der Waals surface area (Å²) in [5, 5.41) is 12.0. The zero-order valence-electron chi connectivity index (χ0n) is 16.6. The summed E-state index contributed by atoms with van der Waals surface area (Å²) in [6.45, 7) is 2.73. The second-order valence-corrected chi connectivity index (χ2v) is 8.19. The molecule has 4 rings (SSSR count). The molecule has 2 N–H and O–H groups in total. The average molecular weight is 412 g/mol. The van der Waals surface area contributed by atoms with Crippen LogP contribution in [0.2, 0.25) is 0 Å². The number of nitrogens with one attached hydrogen (secondary N) is 2. The van der Waals surface area contributed by atoms with Crippen LogP contribution in [0, 0.1) is 12.3 Å². The number of hydrogen-bond donors (Lipinski definition) is 2. The Morgan fingerprint density at radius 1 is 1.00 bits per heavy atom. The lowest BCUT2D eigenvalue weighted by Gasteiger charge is -2.11. The standard InChI is InChI=1S/C25H21N3OS/c1-17-2-5-19(6-3-17)20-8-9-23(24(14-20)27-10-11-29)28-16-22-13-21-7-4-18(15-26)12-25(21)30-22/h2-15,26,28H,16H2,1H3. The van der Waals surface area contributed by atoms with Crippen molar-refractivity contribution >= 4 is 51.5 Å². The molecule has 1 heterocycles. The lowest BCUT2D eigenvalue weighted by atomic mass is 10.0. The topological polar surface area (TPSA) is 65.3 Å². The molecular formula is C25H21N3OS. The van der Waals surface area contributed by atoms with E-state index >= 15 is 0 Å². The minimum absolute atomic E-state index is 0.659. The number of fused-ring (bicyclic) bond motifs is 1. The zero-order valence-corrected chi connectivity index (χ0v) is 17.4. The Morgan fingerprint density at radius 3 is 2.57 bits per heavy atom. The summed E-state index contributed by atoms with van der Waals surface area (Å²) in [6.07, 6.45) is 3.33. The molecule has 1 aromatic heterocycles. The molecule has 4 nitrogen and oxygen atoms in total. The Morgan fingerprint density at radius 2 is 1.80 bits per heavy atom. The highest BCUT2D eigenvalue weighted by atomic mass is 32.1. The molecule has 0 aliphatic carbocycles. The van der Waals surface area contributed by atoms with E-state index in [-0.39, 0.29) is 0 Å². The maximum Gasteiger partial charge on any atom is 0.161 e. The lowest BCUT2D eigenvalue weighted by molar-refractivity contribution is -0.102. The summed E-state index contributed by atoms with van der Waals surface area (Å²) in [5.41, 5.74) is 5.89. The summed E-state index contributed by atoms with van der Waals surface area (Å²) in [5.74, 6) is 0. The molecule has 0 aliphatic rings. The van der Waals surface area contributed by atoms with Gasteiger partial charge in [0.05, 0.1) is 17.6 Å². The first-order valence-electron chi connectivity index (χ1n) is 9.62. The third-order valence-electron chi connectivity index (χ3n) is 4.87. The highest BCUT2D eigenvalue weighted by Crippen LogP contribution is 2.33. The van der Waals surface area contributed by atoms with Crippen LogP contribution in [0.4, 0.5) is 11.4 Å². The number of aryl methyl sites for hydroxylation is 1. The van der Waals surface area contributed by atoms with Crippen molar-refractivity contribution in [1.29, 1.82) is 5.41 Å². The van der Waals surface area contributed by atoms with Crippen LogP contribution < -0.4 is 5.32 Å². The van der Waals surface area contributed by atoms with E-state index in [4.69, 9.17) is 5.41 Å². The van der Waals surface area contributed by atoms with Gasteiger partial charge in [-0.2, -0.15) is 0 Å². The van der Waals surface area contributed by atoms with Gasteiger partial charge < -0.3 is 10.7 Å². The minimum Gasteiger partial charge on any atom is -0.378 e. The van der Waals surface area contributed by atoms with Gasteiger partial charge in [0.1, 0.15) is 0 Å². The number of nitrogens with zero attached hydrogens (tertiary/aromatic N) is 1. The summed E-state index contributed by atoms with van der Waals surface area (Å²) in [7, 11) is 0. The number of hydrogen-bond acceptors (Lipinski definition) is 5. The molecule has 0 aliphatic heterocycles. The van der Waals surface area contributed by atoms with Crippen molar-refractivity contribution < 1.29 is 4.79 Å². The second-order valence-electron chi connectivity index (χ2n) is 7.02. The van der Waals surface area contributed by atoms with Crippen molar-refractivity contribution in [1.82, 2.24) is 0 Å². The molecule has 4 aromatic rings. The van der Waals surface area contributed by atoms with Crippen molar-refractivity contribution in [2.75, 3.05) is 5.32 Å². The van der Waals surface area contributed by atoms with Crippen molar-refractivity contribution in [2.45, 2.75) is 13.5 Å². The number of thiophene rings is 1. The predicted molar refractivity (Wildman–Crippen MR) is 128 cm³/mol. The van der Waals surface area contributed by atoms with E-state index in [2.05, 4.69) is 53.6 Å². The van der Waals surface area contributed by atoms with E-state index in [1.54, 1.807) is 11.3 Å². The predicted octanol–water partition coefficient (Wildman–Crippen LogP) is 6.39. The molecule has 0 bridgehead atoms. The molecule has 148 valence electrons. The minimum atomic E-state index is 0.659. The van der Waals surface area contributed by atoms with Crippen LogP contribution in [-0.2, 0) is 11.3 Å². The molecule has 0 saturated heterocycles. The number of carbonyl (C=O) groups is 1. The van der Waals surface area contributed by atoms with Gasteiger partial charge in [0.25, 0.3) is 0 Å². The lowest BCUT2D eigenvalue weighted by Crippen LogP contribution is -1.98. The van der Waals surface area contributed by atoms with Gasteiger partial charge in [-0.3, -0.25) is 9.79 Å². The molecule has 0 fully saturated rings. The molecule has 0 spiro atoms. The van der Waals surface area contributed by atoms with Crippen molar-refractivity contribution in [3.8, 4) is 11.1 Å². The van der Waals surface area contributed by atoms with Gasteiger partial charge in [0, 0.05) is 22.3 Å². The van der Waals surface area contributed by atoms with Gasteiger partial charge in [0.15, 0.2) is 6.29 Å². The van der Waals surface area contributed by atoms with Crippen LogP contribution in [0.25, 0.3) is 21.2 Å². The number of rotatable bonds is 7. The molecule has 0 atom stereocenters. The van der Waals surface area contributed by atoms with E-state index < -0.39 is 0 Å². The van der Waals surface area contributed by atoms with Crippen LogP contribution in [-0.4, -0.2) is 18.7 Å². The first-order valence-corrected chi connectivity index (χ1v) is 10.4.